The van der Waals surface area contributed by atoms with E-state index in [-0.39, 0.29) is 6.61 Å². The highest BCUT2D eigenvalue weighted by Gasteiger charge is 1.89. The highest BCUT2D eigenvalue weighted by molar-refractivity contribution is 5.60. The second-order valence-corrected chi connectivity index (χ2v) is 5.17. The Morgan fingerprint density at radius 1 is 1.00 bits per heavy atom. The maximum Gasteiger partial charge on any atom is 0.0626 e. The summed E-state index contributed by atoms with van der Waals surface area (Å²) in [5.74, 6) is 0. The number of rotatable bonds is 9. The lowest BCUT2D eigenvalue weighted by atomic mass is 10.1. The van der Waals surface area contributed by atoms with E-state index in [0.29, 0.717) is 6.54 Å². The normalized spacial score (nSPS) is 13.1. The van der Waals surface area contributed by atoms with Crippen molar-refractivity contribution in [3.63, 3.8) is 0 Å². The molecule has 0 aliphatic rings. The van der Waals surface area contributed by atoms with Gasteiger partial charge in [-0.25, -0.2) is 0 Å². The molecule has 0 heterocycles. The zero-order valence-corrected chi connectivity index (χ0v) is 12.9. The summed E-state index contributed by atoms with van der Waals surface area (Å²) < 4.78 is 0. The summed E-state index contributed by atoms with van der Waals surface area (Å²) >= 11 is 0. The van der Waals surface area contributed by atoms with E-state index < -0.39 is 0 Å². The summed E-state index contributed by atoms with van der Waals surface area (Å²) in [7, 11) is 0. The van der Waals surface area contributed by atoms with Gasteiger partial charge in [0.15, 0.2) is 0 Å². The third-order valence-electron chi connectivity index (χ3n) is 2.80. The Balaban J connectivity index is 3.93. The zero-order valence-electron chi connectivity index (χ0n) is 12.9. The molecule has 0 unspecified atom stereocenters. The van der Waals surface area contributed by atoms with Gasteiger partial charge in [0, 0.05) is 12.6 Å². The molecule has 2 nitrogen and oxygen atoms in total. The number of aliphatic hydroxyl groups is 1. The van der Waals surface area contributed by atoms with Crippen LogP contribution < -0.4 is 0 Å². The Kier molecular flexibility index (Phi) is 11.2. The number of hydrogen-bond donors (Lipinski definition) is 1. The fourth-order valence-electron chi connectivity index (χ4n) is 1.59. The van der Waals surface area contributed by atoms with Crippen molar-refractivity contribution in [2.24, 2.45) is 4.99 Å². The van der Waals surface area contributed by atoms with Crippen LogP contribution in [-0.4, -0.2) is 24.5 Å². The van der Waals surface area contributed by atoms with Crippen molar-refractivity contribution < 1.29 is 5.11 Å². The molecule has 0 fully saturated rings. The molecular weight excluding hydrogens is 234 g/mol. The van der Waals surface area contributed by atoms with E-state index in [1.54, 1.807) is 0 Å². The second kappa shape index (κ2) is 11.9. The van der Waals surface area contributed by atoms with Gasteiger partial charge in [0.05, 0.1) is 13.2 Å². The number of hydrogen-bond acceptors (Lipinski definition) is 2. The van der Waals surface area contributed by atoms with Crippen LogP contribution in [0.1, 0.15) is 53.4 Å². The highest BCUT2D eigenvalue weighted by Crippen LogP contribution is 2.09. The van der Waals surface area contributed by atoms with Crippen LogP contribution in [0.2, 0.25) is 0 Å². The van der Waals surface area contributed by atoms with Crippen molar-refractivity contribution in [2.75, 3.05) is 13.2 Å². The summed E-state index contributed by atoms with van der Waals surface area (Å²) in [5, 5.41) is 8.60. The fourth-order valence-corrected chi connectivity index (χ4v) is 1.59. The van der Waals surface area contributed by atoms with Crippen molar-refractivity contribution in [2.45, 2.75) is 53.4 Å². The van der Waals surface area contributed by atoms with Crippen LogP contribution in [0.5, 0.6) is 0 Å². The molecule has 1 N–H and O–H groups in total. The predicted molar refractivity (Wildman–Crippen MR) is 85.9 cm³/mol. The highest BCUT2D eigenvalue weighted by atomic mass is 16.3. The molecule has 0 spiro atoms. The van der Waals surface area contributed by atoms with Gasteiger partial charge < -0.3 is 5.11 Å². The molecule has 0 radical (unpaired) electrons. The SMILES string of the molecule is CC(C)=CCCC(C)=CCC=C(C)CC=NCCO. The lowest BCUT2D eigenvalue weighted by Gasteiger charge is -1.99. The van der Waals surface area contributed by atoms with Crippen LogP contribution in [0.3, 0.4) is 0 Å². The molecule has 0 aliphatic heterocycles. The molecule has 19 heavy (non-hydrogen) atoms. The molecule has 0 atom stereocenters. The van der Waals surface area contributed by atoms with E-state index in [4.69, 9.17) is 5.11 Å². The van der Waals surface area contributed by atoms with Gasteiger partial charge >= 0.3 is 0 Å². The van der Waals surface area contributed by atoms with E-state index in [1.165, 1.54) is 16.7 Å². The molecular formula is C17H29NO. The predicted octanol–water partition coefficient (Wildman–Crippen LogP) is 4.47. The summed E-state index contributed by atoms with van der Waals surface area (Å²) in [6, 6.07) is 0. The minimum absolute atomic E-state index is 0.132. The van der Waals surface area contributed by atoms with Crippen molar-refractivity contribution in [1.29, 1.82) is 0 Å². The largest absolute Gasteiger partial charge is 0.394 e. The van der Waals surface area contributed by atoms with Crippen LogP contribution in [0.15, 0.2) is 39.9 Å². The number of allylic oxidation sites excluding steroid dienone is 6. The van der Waals surface area contributed by atoms with E-state index in [9.17, 15) is 0 Å². The van der Waals surface area contributed by atoms with E-state index in [2.05, 4.69) is 50.9 Å². The quantitative estimate of drug-likeness (QED) is 0.483. The first-order chi connectivity index (χ1) is 9.06. The molecule has 108 valence electrons. The third-order valence-corrected chi connectivity index (χ3v) is 2.80. The zero-order chi connectivity index (χ0) is 14.5. The molecule has 0 amide bonds. The van der Waals surface area contributed by atoms with E-state index >= 15 is 0 Å². The van der Waals surface area contributed by atoms with Crippen molar-refractivity contribution >= 4 is 6.21 Å². The molecule has 0 rings (SSSR count). The van der Waals surface area contributed by atoms with Crippen LogP contribution in [0, 0.1) is 0 Å². The van der Waals surface area contributed by atoms with Gasteiger partial charge in [0.2, 0.25) is 0 Å². The average molecular weight is 263 g/mol. The van der Waals surface area contributed by atoms with Gasteiger partial charge in [-0.2, -0.15) is 0 Å². The van der Waals surface area contributed by atoms with Gasteiger partial charge in [0.25, 0.3) is 0 Å². The molecule has 2 heteroatoms. The second-order valence-electron chi connectivity index (χ2n) is 5.17. The van der Waals surface area contributed by atoms with Crippen LogP contribution in [-0.2, 0) is 0 Å². The molecule has 0 saturated heterocycles. The van der Waals surface area contributed by atoms with E-state index in [1.807, 2.05) is 6.21 Å². The lowest BCUT2D eigenvalue weighted by molar-refractivity contribution is 0.307. The Bertz CT molecular complexity index is 344. The first kappa shape index (κ1) is 17.8. The van der Waals surface area contributed by atoms with E-state index in [0.717, 1.165) is 25.7 Å². The van der Waals surface area contributed by atoms with Gasteiger partial charge in [-0.3, -0.25) is 4.99 Å². The maximum absolute atomic E-state index is 8.60. The summed E-state index contributed by atoms with van der Waals surface area (Å²) in [6.45, 7) is 9.25. The number of nitrogens with zero attached hydrogens (tertiary/aromatic N) is 1. The standard InChI is InChI=1S/C17H29NO/c1-15(2)7-5-8-16(3)9-6-10-17(4)11-12-18-13-14-19/h7,9-10,12,19H,5-6,8,11,13-14H2,1-4H3. The Hall–Kier alpha value is -1.15. The summed E-state index contributed by atoms with van der Waals surface area (Å²) in [4.78, 5) is 4.09. The Morgan fingerprint density at radius 2 is 1.68 bits per heavy atom. The first-order valence-electron chi connectivity index (χ1n) is 7.10. The lowest BCUT2D eigenvalue weighted by Crippen LogP contribution is -1.88. The minimum atomic E-state index is 0.132. The number of aliphatic hydroxyl groups excluding tert-OH is 1. The van der Waals surface area contributed by atoms with Crippen molar-refractivity contribution in [1.82, 2.24) is 0 Å². The Labute approximate surface area is 118 Å². The summed E-state index contributed by atoms with van der Waals surface area (Å²) in [6.07, 6.45) is 12.9. The molecule has 0 aromatic carbocycles. The smallest absolute Gasteiger partial charge is 0.0626 e. The molecule has 0 bridgehead atoms. The molecule has 0 aromatic heterocycles. The van der Waals surface area contributed by atoms with Gasteiger partial charge in [0.1, 0.15) is 0 Å². The number of aliphatic imine (C=N–C) groups is 1. The monoisotopic (exact) mass is 263 g/mol. The minimum Gasteiger partial charge on any atom is -0.394 e. The Morgan fingerprint density at radius 3 is 2.32 bits per heavy atom. The van der Waals surface area contributed by atoms with Crippen LogP contribution in [0.4, 0.5) is 0 Å². The van der Waals surface area contributed by atoms with Gasteiger partial charge in [-0.15, -0.1) is 0 Å². The average Bonchev–Trinajstić information content (AvgIpc) is 2.34. The first-order valence-corrected chi connectivity index (χ1v) is 7.10. The van der Waals surface area contributed by atoms with Gasteiger partial charge in [-0.05, 0) is 47.0 Å². The summed E-state index contributed by atoms with van der Waals surface area (Å²) in [5.41, 5.74) is 4.18. The molecule has 0 aromatic rings. The fraction of sp³-hybridized carbons (Fsp3) is 0.588. The molecule has 0 saturated carbocycles. The van der Waals surface area contributed by atoms with Gasteiger partial charge in [-0.1, -0.05) is 34.9 Å². The molecule has 0 aliphatic carbocycles. The van der Waals surface area contributed by atoms with Crippen molar-refractivity contribution in [3.05, 3.63) is 34.9 Å². The van der Waals surface area contributed by atoms with Crippen molar-refractivity contribution in [3.8, 4) is 0 Å². The van der Waals surface area contributed by atoms with Crippen LogP contribution in [0.25, 0.3) is 0 Å². The van der Waals surface area contributed by atoms with Crippen LogP contribution >= 0.6 is 0 Å². The topological polar surface area (TPSA) is 32.6 Å². The maximum atomic E-state index is 8.60. The third kappa shape index (κ3) is 13.1.